The lowest BCUT2D eigenvalue weighted by atomic mass is 9.96. The summed E-state index contributed by atoms with van der Waals surface area (Å²) in [6, 6.07) is 22.2. The van der Waals surface area contributed by atoms with Crippen LogP contribution in [-0.4, -0.2) is 88.6 Å². The van der Waals surface area contributed by atoms with Crippen LogP contribution in [0.5, 0.6) is 0 Å². The Kier molecular flexibility index (Phi) is 10.2. The fourth-order valence-electron chi connectivity index (χ4n) is 6.02. The van der Waals surface area contributed by atoms with E-state index in [0.717, 1.165) is 38.5 Å². The van der Waals surface area contributed by atoms with Crippen LogP contribution in [0.25, 0.3) is 0 Å². The molecule has 1 N–H and O–H groups in total. The molecule has 0 bridgehead atoms. The minimum atomic E-state index is 0.384. The smallest absolute Gasteiger partial charge is 0.0741 e. The van der Waals surface area contributed by atoms with Gasteiger partial charge in [0.25, 0.3) is 0 Å². The lowest BCUT2D eigenvalue weighted by molar-refractivity contribution is 0.0712. The van der Waals surface area contributed by atoms with Crippen molar-refractivity contribution in [2.45, 2.75) is 43.9 Å². The Labute approximate surface area is 212 Å². The number of nitrogens with one attached hydrogen (secondary N) is 1. The third-order valence-corrected chi connectivity index (χ3v) is 8.18. The Hall–Kier alpha value is -1.76. The molecule has 3 saturated heterocycles. The minimum absolute atomic E-state index is 0.384. The molecule has 0 amide bonds. The maximum atomic E-state index is 5.79. The Balaban J connectivity index is 0.000000179. The lowest BCUT2D eigenvalue weighted by Crippen LogP contribution is -2.43. The molecule has 3 aliphatic heterocycles. The number of rotatable bonds is 7. The van der Waals surface area contributed by atoms with Crippen molar-refractivity contribution in [1.82, 2.24) is 15.1 Å². The van der Waals surface area contributed by atoms with Gasteiger partial charge in [0.05, 0.1) is 12.2 Å². The highest BCUT2D eigenvalue weighted by Gasteiger charge is 2.36. The van der Waals surface area contributed by atoms with E-state index in [0.29, 0.717) is 24.0 Å². The van der Waals surface area contributed by atoms with Crippen LogP contribution in [0.2, 0.25) is 0 Å². The van der Waals surface area contributed by atoms with E-state index in [1.165, 1.54) is 43.6 Å². The number of ether oxygens (including phenoxy) is 2. The molecule has 5 heteroatoms. The van der Waals surface area contributed by atoms with Crippen LogP contribution in [-0.2, 0) is 22.3 Å². The summed E-state index contributed by atoms with van der Waals surface area (Å²) in [6.45, 7) is 6.86. The van der Waals surface area contributed by atoms with E-state index in [-0.39, 0.29) is 0 Å². The van der Waals surface area contributed by atoms with Gasteiger partial charge in [-0.2, -0.15) is 0 Å². The van der Waals surface area contributed by atoms with Crippen molar-refractivity contribution in [3.8, 4) is 0 Å². The van der Waals surface area contributed by atoms with Gasteiger partial charge in [-0.3, -0.25) is 4.90 Å². The molecule has 192 valence electrons. The highest BCUT2D eigenvalue weighted by molar-refractivity contribution is 5.17. The van der Waals surface area contributed by atoms with Crippen LogP contribution >= 0.6 is 0 Å². The molecule has 3 heterocycles. The number of benzene rings is 2. The van der Waals surface area contributed by atoms with E-state index in [1.54, 1.807) is 7.11 Å². The number of likely N-dealkylation sites (tertiary alicyclic amines) is 2. The normalized spacial score (nSPS) is 28.1. The summed E-state index contributed by atoms with van der Waals surface area (Å²) in [5.41, 5.74) is 2.85. The third kappa shape index (κ3) is 7.61. The maximum Gasteiger partial charge on any atom is 0.0741 e. The maximum absolute atomic E-state index is 5.79. The summed E-state index contributed by atoms with van der Waals surface area (Å²) in [5.74, 6) is 1.26. The average Bonchev–Trinajstić information content (AvgIpc) is 3.52. The first-order chi connectivity index (χ1) is 17.2. The second-order valence-electron chi connectivity index (χ2n) is 10.6. The first kappa shape index (κ1) is 26.3. The second kappa shape index (κ2) is 13.5. The van der Waals surface area contributed by atoms with Crippen LogP contribution in [0.15, 0.2) is 60.7 Å². The summed E-state index contributed by atoms with van der Waals surface area (Å²) in [7, 11) is 5.91. The Bertz CT molecular complexity index is 841. The molecule has 4 atom stereocenters. The van der Waals surface area contributed by atoms with Crippen molar-refractivity contribution < 1.29 is 9.47 Å². The van der Waals surface area contributed by atoms with Crippen LogP contribution in [0.1, 0.15) is 24.0 Å². The zero-order valence-electron chi connectivity index (χ0n) is 21.9. The van der Waals surface area contributed by atoms with Gasteiger partial charge in [0.1, 0.15) is 0 Å². The van der Waals surface area contributed by atoms with Crippen LogP contribution in [0, 0.1) is 11.8 Å². The molecule has 5 rings (SSSR count). The van der Waals surface area contributed by atoms with Gasteiger partial charge in [-0.15, -0.1) is 0 Å². The highest BCUT2D eigenvalue weighted by atomic mass is 16.5. The van der Waals surface area contributed by atoms with Crippen LogP contribution in [0.4, 0.5) is 0 Å². The average molecular weight is 480 g/mol. The number of hydrogen-bond acceptors (Lipinski definition) is 5. The van der Waals surface area contributed by atoms with Crippen molar-refractivity contribution in [2.24, 2.45) is 11.8 Å². The van der Waals surface area contributed by atoms with Gasteiger partial charge in [-0.25, -0.2) is 0 Å². The van der Waals surface area contributed by atoms with Gasteiger partial charge >= 0.3 is 0 Å². The Morgan fingerprint density at radius 1 is 0.743 bits per heavy atom. The molecule has 35 heavy (non-hydrogen) atoms. The molecule has 5 nitrogen and oxygen atoms in total. The molecule has 0 radical (unpaired) electrons. The fourth-order valence-corrected chi connectivity index (χ4v) is 6.02. The molecular formula is C30H45N3O2. The summed E-state index contributed by atoms with van der Waals surface area (Å²) in [4.78, 5) is 5.14. The van der Waals surface area contributed by atoms with Gasteiger partial charge in [0.15, 0.2) is 0 Å². The fraction of sp³-hybridized carbons (Fsp3) is 0.600. The van der Waals surface area contributed by atoms with Crippen molar-refractivity contribution in [2.75, 3.05) is 60.5 Å². The first-order valence-corrected chi connectivity index (χ1v) is 13.4. The molecule has 0 aromatic heterocycles. The van der Waals surface area contributed by atoms with Crippen molar-refractivity contribution in [3.63, 3.8) is 0 Å². The van der Waals surface area contributed by atoms with Gasteiger partial charge in [-0.05, 0) is 56.9 Å². The van der Waals surface area contributed by atoms with Gasteiger partial charge in [0, 0.05) is 58.3 Å². The molecule has 0 saturated carbocycles. The zero-order valence-corrected chi connectivity index (χ0v) is 21.9. The summed E-state index contributed by atoms with van der Waals surface area (Å²) < 4.78 is 11.2. The number of hydrogen-bond donors (Lipinski definition) is 1. The van der Waals surface area contributed by atoms with Crippen LogP contribution < -0.4 is 5.32 Å². The largest absolute Gasteiger partial charge is 0.380 e. The van der Waals surface area contributed by atoms with E-state index in [2.05, 4.69) is 82.8 Å². The second-order valence-corrected chi connectivity index (χ2v) is 10.6. The van der Waals surface area contributed by atoms with E-state index >= 15 is 0 Å². The Morgan fingerprint density at radius 2 is 1.31 bits per heavy atom. The quantitative estimate of drug-likeness (QED) is 0.655. The molecule has 3 aliphatic rings. The predicted octanol–water partition coefficient (Wildman–Crippen LogP) is 3.73. The van der Waals surface area contributed by atoms with Gasteiger partial charge < -0.3 is 19.7 Å². The van der Waals surface area contributed by atoms with Crippen molar-refractivity contribution >= 4 is 0 Å². The van der Waals surface area contributed by atoms with Gasteiger partial charge in [0.2, 0.25) is 0 Å². The van der Waals surface area contributed by atoms with Crippen molar-refractivity contribution in [3.05, 3.63) is 71.8 Å². The summed E-state index contributed by atoms with van der Waals surface area (Å²) >= 11 is 0. The van der Waals surface area contributed by atoms with E-state index in [4.69, 9.17) is 9.47 Å². The topological polar surface area (TPSA) is 37.0 Å². The predicted molar refractivity (Wildman–Crippen MR) is 144 cm³/mol. The monoisotopic (exact) mass is 479 g/mol. The van der Waals surface area contributed by atoms with E-state index < -0.39 is 0 Å². The standard InChI is InChI=1S/C18H28N2O.C12H17NO/c1-19-10-8-17(9-11-19)20-13-16(18(14-20)21-2)12-15-6-4-3-5-7-15;1-14-12-9-13-8-11(12)7-10-5-3-2-4-6-10/h3-7,16-18H,8-14H2,1-2H3;2-6,11-13H,7-9H2,1H3/t16-,18-;11-,12-/m11/s1. The molecular weight excluding hydrogens is 434 g/mol. The number of nitrogens with zero attached hydrogens (tertiary/aromatic N) is 2. The molecule has 2 aromatic rings. The zero-order chi connectivity index (χ0) is 24.5. The molecule has 0 unspecified atom stereocenters. The highest BCUT2D eigenvalue weighted by Crippen LogP contribution is 2.28. The molecule has 3 fully saturated rings. The number of piperidine rings is 1. The Morgan fingerprint density at radius 3 is 1.89 bits per heavy atom. The SMILES string of the molecule is CO[C@@H]1CN(C2CCN(C)CC2)C[C@H]1Cc1ccccc1.CO[C@@H]1CNC[C@H]1Cc1ccccc1. The minimum Gasteiger partial charge on any atom is -0.380 e. The van der Waals surface area contributed by atoms with Gasteiger partial charge in [-0.1, -0.05) is 60.7 Å². The van der Waals surface area contributed by atoms with E-state index in [1.807, 2.05) is 7.11 Å². The van der Waals surface area contributed by atoms with Crippen LogP contribution in [0.3, 0.4) is 0 Å². The lowest BCUT2D eigenvalue weighted by Gasteiger charge is -2.35. The van der Waals surface area contributed by atoms with Crippen molar-refractivity contribution in [1.29, 1.82) is 0 Å². The molecule has 2 aromatic carbocycles. The first-order valence-electron chi connectivity index (χ1n) is 13.4. The molecule has 0 aliphatic carbocycles. The van der Waals surface area contributed by atoms with E-state index in [9.17, 15) is 0 Å². The molecule has 0 spiro atoms. The number of methoxy groups -OCH3 is 2. The summed E-state index contributed by atoms with van der Waals surface area (Å²) in [6.07, 6.45) is 5.66. The summed E-state index contributed by atoms with van der Waals surface area (Å²) in [5, 5.41) is 3.37. The third-order valence-electron chi connectivity index (χ3n) is 8.18.